The van der Waals surface area contributed by atoms with E-state index >= 15 is 0 Å². The molecule has 0 aromatic carbocycles. The molecule has 0 bridgehead atoms. The summed E-state index contributed by atoms with van der Waals surface area (Å²) in [5, 5.41) is 11.3. The molecule has 0 atom stereocenters. The van der Waals surface area contributed by atoms with Crippen LogP contribution in [0.1, 0.15) is 17.6 Å². The molecule has 2 heterocycles. The first-order valence-corrected chi connectivity index (χ1v) is 7.20. The zero-order valence-electron chi connectivity index (χ0n) is 10.5. The third-order valence-electron chi connectivity index (χ3n) is 2.03. The number of aromatic nitrogens is 4. The Morgan fingerprint density at radius 1 is 1.30 bits per heavy atom. The fourth-order valence-electron chi connectivity index (χ4n) is 1.27. The van der Waals surface area contributed by atoms with E-state index in [4.69, 9.17) is 0 Å². The van der Waals surface area contributed by atoms with Gasteiger partial charge in [-0.25, -0.2) is 9.97 Å². The van der Waals surface area contributed by atoms with E-state index in [-0.39, 0.29) is 11.0 Å². The number of alkyl halides is 3. The van der Waals surface area contributed by atoms with Crippen LogP contribution in [0.4, 0.5) is 19.1 Å². The Balaban J connectivity index is 2.33. The van der Waals surface area contributed by atoms with Crippen molar-refractivity contribution in [3.63, 3.8) is 0 Å². The maximum Gasteiger partial charge on any atom is 0.433 e. The normalized spacial score (nSPS) is 11.7. The molecule has 0 aliphatic rings. The molecule has 0 saturated carbocycles. The van der Waals surface area contributed by atoms with Crippen molar-refractivity contribution < 1.29 is 13.2 Å². The van der Waals surface area contributed by atoms with Gasteiger partial charge in [0.25, 0.3) is 0 Å². The molecule has 0 spiro atoms. The molecule has 0 aliphatic carbocycles. The fraction of sp³-hybridized carbons (Fsp3) is 0.400. The summed E-state index contributed by atoms with van der Waals surface area (Å²) in [5.74, 6) is -0.0499. The van der Waals surface area contributed by atoms with Gasteiger partial charge in [-0.05, 0) is 25.6 Å². The largest absolute Gasteiger partial charge is 0.433 e. The van der Waals surface area contributed by atoms with Crippen molar-refractivity contribution in [3.05, 3.63) is 16.8 Å². The van der Waals surface area contributed by atoms with Crippen molar-refractivity contribution in [2.75, 3.05) is 11.9 Å². The highest BCUT2D eigenvalue weighted by Crippen LogP contribution is 2.34. The summed E-state index contributed by atoms with van der Waals surface area (Å²) < 4.78 is 38.9. The van der Waals surface area contributed by atoms with Crippen LogP contribution in [0, 0.1) is 6.92 Å². The van der Waals surface area contributed by atoms with Gasteiger partial charge in [0.2, 0.25) is 5.95 Å². The first-order valence-electron chi connectivity index (χ1n) is 5.56. The number of nitrogens with one attached hydrogen (secondary N) is 1. The highest BCUT2D eigenvalue weighted by atomic mass is 32.2. The van der Waals surface area contributed by atoms with E-state index in [1.165, 1.54) is 11.3 Å². The van der Waals surface area contributed by atoms with Crippen LogP contribution in [0.5, 0.6) is 0 Å². The Morgan fingerprint density at radius 2 is 2.05 bits per heavy atom. The minimum absolute atomic E-state index is 0.0499. The molecule has 108 valence electrons. The number of hydrogen-bond acceptors (Lipinski definition) is 7. The summed E-state index contributed by atoms with van der Waals surface area (Å²) in [7, 11) is 0. The second-order valence-electron chi connectivity index (χ2n) is 3.63. The van der Waals surface area contributed by atoms with Crippen molar-refractivity contribution in [2.45, 2.75) is 29.4 Å². The van der Waals surface area contributed by atoms with E-state index in [1.807, 2.05) is 0 Å². The van der Waals surface area contributed by atoms with Crippen LogP contribution in [0.25, 0.3) is 0 Å². The van der Waals surface area contributed by atoms with E-state index in [9.17, 15) is 13.2 Å². The van der Waals surface area contributed by atoms with Crippen LogP contribution in [-0.2, 0) is 6.18 Å². The highest BCUT2D eigenvalue weighted by molar-refractivity contribution is 8.01. The average molecular weight is 321 g/mol. The van der Waals surface area contributed by atoms with Crippen molar-refractivity contribution in [3.8, 4) is 0 Å². The number of hydrogen-bond donors (Lipinski definition) is 1. The molecule has 2 aromatic rings. The smallest absolute Gasteiger partial charge is 0.354 e. The third-order valence-corrected chi connectivity index (χ3v) is 3.84. The Bertz CT molecular complexity index is 599. The second kappa shape index (κ2) is 5.92. The lowest BCUT2D eigenvalue weighted by molar-refractivity contribution is -0.141. The number of anilines is 1. The van der Waals surface area contributed by atoms with Gasteiger partial charge in [-0.1, -0.05) is 11.3 Å². The Hall–Kier alpha value is -1.42. The van der Waals surface area contributed by atoms with E-state index in [1.54, 1.807) is 13.8 Å². The number of nitrogens with zero attached hydrogens (tertiary/aromatic N) is 4. The molecule has 1 N–H and O–H groups in total. The predicted octanol–water partition coefficient (Wildman–Crippen LogP) is 3.24. The lowest BCUT2D eigenvalue weighted by Gasteiger charge is -2.09. The number of aryl methyl sites for hydroxylation is 1. The first kappa shape index (κ1) is 15.0. The van der Waals surface area contributed by atoms with Gasteiger partial charge in [0.05, 0.1) is 0 Å². The first-order chi connectivity index (χ1) is 9.38. The van der Waals surface area contributed by atoms with E-state index < -0.39 is 11.9 Å². The number of halogens is 3. The summed E-state index contributed by atoms with van der Waals surface area (Å²) in [6, 6.07) is 0.905. The molecule has 0 amide bonds. The van der Waals surface area contributed by atoms with Gasteiger partial charge < -0.3 is 5.32 Å². The van der Waals surface area contributed by atoms with Crippen molar-refractivity contribution in [2.24, 2.45) is 0 Å². The zero-order chi connectivity index (χ0) is 14.8. The minimum Gasteiger partial charge on any atom is -0.354 e. The maximum atomic E-state index is 12.8. The average Bonchev–Trinajstić information content (AvgIpc) is 2.74. The summed E-state index contributed by atoms with van der Waals surface area (Å²) in [4.78, 5) is 7.47. The molecule has 2 rings (SSSR count). The Kier molecular flexibility index (Phi) is 4.43. The number of rotatable bonds is 4. The van der Waals surface area contributed by atoms with Crippen LogP contribution in [0.3, 0.4) is 0 Å². The van der Waals surface area contributed by atoms with E-state index in [2.05, 4.69) is 25.5 Å². The molecule has 10 heteroatoms. The van der Waals surface area contributed by atoms with Crippen LogP contribution in [-0.4, -0.2) is 26.7 Å². The van der Waals surface area contributed by atoms with Gasteiger partial charge >= 0.3 is 6.18 Å². The molecule has 0 radical (unpaired) electrons. The molecule has 0 unspecified atom stereocenters. The predicted molar refractivity (Wildman–Crippen MR) is 70.0 cm³/mol. The van der Waals surface area contributed by atoms with Gasteiger partial charge in [-0.3, -0.25) is 0 Å². The monoisotopic (exact) mass is 321 g/mol. The second-order valence-corrected chi connectivity index (χ2v) is 6.08. The molecule has 0 saturated heterocycles. The molecule has 0 aliphatic heterocycles. The minimum atomic E-state index is -4.51. The Labute approximate surface area is 121 Å². The summed E-state index contributed by atoms with van der Waals surface area (Å²) >= 11 is 2.33. The molecular formula is C10H10F3N5S2. The maximum absolute atomic E-state index is 12.8. The lowest BCUT2D eigenvalue weighted by Crippen LogP contribution is -2.12. The summed E-state index contributed by atoms with van der Waals surface area (Å²) in [6.07, 6.45) is -4.51. The summed E-state index contributed by atoms with van der Waals surface area (Å²) in [5.41, 5.74) is -0.979. The zero-order valence-corrected chi connectivity index (χ0v) is 12.2. The van der Waals surface area contributed by atoms with Crippen LogP contribution < -0.4 is 5.32 Å². The van der Waals surface area contributed by atoms with Crippen LogP contribution in [0.15, 0.2) is 15.4 Å². The van der Waals surface area contributed by atoms with Gasteiger partial charge in [0.1, 0.15) is 10.0 Å². The SMILES string of the molecule is CCNc1nc(Sc2nnc(C)s2)cc(C(F)(F)F)n1. The molecule has 5 nitrogen and oxygen atoms in total. The van der Waals surface area contributed by atoms with Crippen LogP contribution in [0.2, 0.25) is 0 Å². The molecule has 2 aromatic heterocycles. The van der Waals surface area contributed by atoms with Gasteiger partial charge in [0, 0.05) is 12.6 Å². The standard InChI is InChI=1S/C10H10F3N5S2/c1-3-14-8-15-6(10(11,12)13)4-7(16-8)20-9-18-17-5(2)19-9/h4H,3H2,1-2H3,(H,14,15,16). The summed E-state index contributed by atoms with van der Waals surface area (Å²) in [6.45, 7) is 3.96. The van der Waals surface area contributed by atoms with Gasteiger partial charge in [-0.2, -0.15) is 13.2 Å². The van der Waals surface area contributed by atoms with Crippen LogP contribution >= 0.6 is 23.1 Å². The molecule has 20 heavy (non-hydrogen) atoms. The van der Waals surface area contributed by atoms with E-state index in [0.29, 0.717) is 10.9 Å². The van der Waals surface area contributed by atoms with Crippen molar-refractivity contribution in [1.29, 1.82) is 0 Å². The van der Waals surface area contributed by atoms with E-state index in [0.717, 1.165) is 22.8 Å². The Morgan fingerprint density at radius 3 is 2.60 bits per heavy atom. The highest BCUT2D eigenvalue weighted by Gasteiger charge is 2.33. The topological polar surface area (TPSA) is 63.6 Å². The molecular weight excluding hydrogens is 311 g/mol. The molecule has 0 fully saturated rings. The van der Waals surface area contributed by atoms with Gasteiger partial charge in [0.15, 0.2) is 10.0 Å². The van der Waals surface area contributed by atoms with Crippen molar-refractivity contribution in [1.82, 2.24) is 20.2 Å². The van der Waals surface area contributed by atoms with Gasteiger partial charge in [-0.15, -0.1) is 10.2 Å². The lowest BCUT2D eigenvalue weighted by atomic mass is 10.4. The third kappa shape index (κ3) is 3.79. The fourth-order valence-corrected chi connectivity index (χ4v) is 3.03. The quantitative estimate of drug-likeness (QED) is 0.872. The van der Waals surface area contributed by atoms with Crippen molar-refractivity contribution >= 4 is 29.0 Å².